The maximum atomic E-state index is 12.0. The first kappa shape index (κ1) is 14.7. The van der Waals surface area contributed by atoms with Crippen molar-refractivity contribution in [2.75, 3.05) is 0 Å². The van der Waals surface area contributed by atoms with Crippen LogP contribution in [0.3, 0.4) is 0 Å². The molecular weight excluding hydrogens is 274 g/mol. The van der Waals surface area contributed by atoms with Crippen LogP contribution in [-0.4, -0.2) is 11.9 Å². The molecule has 0 aliphatic heterocycles. The zero-order valence-corrected chi connectivity index (χ0v) is 12.4. The SMILES string of the molecule is CCC[C@@H](C)NC(=O)c1ccc(-c2ccc(Cl)cc2)o1. The Hall–Kier alpha value is -1.74. The van der Waals surface area contributed by atoms with Gasteiger partial charge < -0.3 is 9.73 Å². The normalized spacial score (nSPS) is 12.2. The summed E-state index contributed by atoms with van der Waals surface area (Å²) in [6, 6.07) is 11.0. The van der Waals surface area contributed by atoms with Crippen LogP contribution in [0.5, 0.6) is 0 Å². The van der Waals surface area contributed by atoms with Crippen LogP contribution in [0.1, 0.15) is 37.2 Å². The van der Waals surface area contributed by atoms with E-state index in [1.807, 2.05) is 19.1 Å². The molecule has 1 N–H and O–H groups in total. The molecule has 20 heavy (non-hydrogen) atoms. The third-order valence-corrected chi connectivity index (χ3v) is 3.31. The number of carbonyl (C=O) groups is 1. The maximum absolute atomic E-state index is 12.0. The Morgan fingerprint density at radius 3 is 2.60 bits per heavy atom. The molecule has 2 rings (SSSR count). The van der Waals surface area contributed by atoms with E-state index in [-0.39, 0.29) is 11.9 Å². The van der Waals surface area contributed by atoms with Crippen molar-refractivity contribution in [1.29, 1.82) is 0 Å². The van der Waals surface area contributed by atoms with E-state index in [0.29, 0.717) is 16.5 Å². The molecule has 0 fully saturated rings. The monoisotopic (exact) mass is 291 g/mol. The molecule has 1 aromatic heterocycles. The Bertz CT molecular complexity index is 574. The van der Waals surface area contributed by atoms with E-state index in [1.54, 1.807) is 24.3 Å². The molecule has 2 aromatic rings. The summed E-state index contributed by atoms with van der Waals surface area (Å²) in [7, 11) is 0. The topological polar surface area (TPSA) is 42.2 Å². The lowest BCUT2D eigenvalue weighted by Crippen LogP contribution is -2.32. The van der Waals surface area contributed by atoms with E-state index in [4.69, 9.17) is 16.0 Å². The van der Waals surface area contributed by atoms with Crippen molar-refractivity contribution in [1.82, 2.24) is 5.32 Å². The molecule has 0 aliphatic rings. The molecule has 0 spiro atoms. The second-order valence-corrected chi connectivity index (χ2v) is 5.27. The van der Waals surface area contributed by atoms with Crippen LogP contribution >= 0.6 is 11.6 Å². The van der Waals surface area contributed by atoms with Crippen molar-refractivity contribution in [2.45, 2.75) is 32.7 Å². The predicted octanol–water partition coefficient (Wildman–Crippen LogP) is 4.52. The third-order valence-electron chi connectivity index (χ3n) is 3.06. The number of carbonyl (C=O) groups excluding carboxylic acids is 1. The van der Waals surface area contributed by atoms with Crippen molar-refractivity contribution < 1.29 is 9.21 Å². The number of rotatable bonds is 5. The fraction of sp³-hybridized carbons (Fsp3) is 0.312. The standard InChI is InChI=1S/C16H18ClNO2/c1-3-4-11(2)18-16(19)15-10-9-14(20-15)12-5-7-13(17)8-6-12/h5-11H,3-4H2,1-2H3,(H,18,19)/t11-/m1/s1. The first-order chi connectivity index (χ1) is 9.60. The number of amides is 1. The molecule has 1 heterocycles. The second-order valence-electron chi connectivity index (χ2n) is 4.83. The van der Waals surface area contributed by atoms with Gasteiger partial charge in [-0.25, -0.2) is 0 Å². The van der Waals surface area contributed by atoms with Crippen LogP contribution in [-0.2, 0) is 0 Å². The van der Waals surface area contributed by atoms with Gasteiger partial charge in [0.25, 0.3) is 5.91 Å². The van der Waals surface area contributed by atoms with E-state index < -0.39 is 0 Å². The minimum atomic E-state index is -0.175. The van der Waals surface area contributed by atoms with Gasteiger partial charge in [0.2, 0.25) is 0 Å². The summed E-state index contributed by atoms with van der Waals surface area (Å²) in [5.41, 5.74) is 0.898. The van der Waals surface area contributed by atoms with E-state index in [0.717, 1.165) is 18.4 Å². The first-order valence-corrected chi connectivity index (χ1v) is 7.14. The molecule has 4 heteroatoms. The number of hydrogen-bond acceptors (Lipinski definition) is 2. The highest BCUT2D eigenvalue weighted by atomic mass is 35.5. The lowest BCUT2D eigenvalue weighted by molar-refractivity contribution is 0.0911. The Balaban J connectivity index is 2.08. The molecule has 1 amide bonds. The van der Waals surface area contributed by atoms with Crippen LogP contribution in [0.2, 0.25) is 5.02 Å². The van der Waals surface area contributed by atoms with E-state index in [1.165, 1.54) is 0 Å². The average Bonchev–Trinajstić information content (AvgIpc) is 2.89. The highest BCUT2D eigenvalue weighted by Crippen LogP contribution is 2.23. The van der Waals surface area contributed by atoms with Crippen LogP contribution in [0.15, 0.2) is 40.8 Å². The van der Waals surface area contributed by atoms with E-state index in [2.05, 4.69) is 12.2 Å². The van der Waals surface area contributed by atoms with Gasteiger partial charge in [0.1, 0.15) is 5.76 Å². The van der Waals surface area contributed by atoms with Gasteiger partial charge in [-0.3, -0.25) is 4.79 Å². The van der Waals surface area contributed by atoms with Crippen LogP contribution in [0.4, 0.5) is 0 Å². The van der Waals surface area contributed by atoms with Crippen LogP contribution in [0, 0.1) is 0 Å². The fourth-order valence-corrected chi connectivity index (χ4v) is 2.16. The number of benzene rings is 1. The molecule has 0 saturated carbocycles. The van der Waals surface area contributed by atoms with Crippen molar-refractivity contribution >= 4 is 17.5 Å². The van der Waals surface area contributed by atoms with Crippen LogP contribution < -0.4 is 5.32 Å². The summed E-state index contributed by atoms with van der Waals surface area (Å²) in [4.78, 5) is 12.0. The summed E-state index contributed by atoms with van der Waals surface area (Å²) >= 11 is 5.85. The Morgan fingerprint density at radius 2 is 1.95 bits per heavy atom. The molecule has 0 saturated heterocycles. The quantitative estimate of drug-likeness (QED) is 0.880. The number of nitrogens with one attached hydrogen (secondary N) is 1. The zero-order valence-electron chi connectivity index (χ0n) is 11.7. The molecule has 1 atom stereocenters. The molecule has 0 bridgehead atoms. The van der Waals surface area contributed by atoms with Gasteiger partial charge in [-0.2, -0.15) is 0 Å². The van der Waals surface area contributed by atoms with Crippen molar-refractivity contribution in [2.24, 2.45) is 0 Å². The molecular formula is C16H18ClNO2. The van der Waals surface area contributed by atoms with Gasteiger partial charge in [-0.05, 0) is 49.7 Å². The number of furan rings is 1. The smallest absolute Gasteiger partial charge is 0.287 e. The molecule has 0 unspecified atom stereocenters. The molecule has 0 radical (unpaired) electrons. The maximum Gasteiger partial charge on any atom is 0.287 e. The first-order valence-electron chi connectivity index (χ1n) is 6.76. The van der Waals surface area contributed by atoms with E-state index in [9.17, 15) is 4.79 Å². The van der Waals surface area contributed by atoms with Crippen molar-refractivity contribution in [3.8, 4) is 11.3 Å². The molecule has 106 valence electrons. The predicted molar refractivity (Wildman–Crippen MR) is 81.0 cm³/mol. The molecule has 3 nitrogen and oxygen atoms in total. The lowest BCUT2D eigenvalue weighted by atomic mass is 10.2. The van der Waals surface area contributed by atoms with E-state index >= 15 is 0 Å². The minimum Gasteiger partial charge on any atom is -0.451 e. The van der Waals surface area contributed by atoms with Gasteiger partial charge in [-0.1, -0.05) is 24.9 Å². The summed E-state index contributed by atoms with van der Waals surface area (Å²) in [5, 5.41) is 3.59. The lowest BCUT2D eigenvalue weighted by Gasteiger charge is -2.10. The Labute approximate surface area is 123 Å². The average molecular weight is 292 g/mol. The summed E-state index contributed by atoms with van der Waals surface area (Å²) in [6.45, 7) is 4.08. The largest absolute Gasteiger partial charge is 0.451 e. The Morgan fingerprint density at radius 1 is 1.25 bits per heavy atom. The fourth-order valence-electron chi connectivity index (χ4n) is 2.03. The minimum absolute atomic E-state index is 0.150. The second kappa shape index (κ2) is 6.62. The van der Waals surface area contributed by atoms with Crippen LogP contribution in [0.25, 0.3) is 11.3 Å². The Kier molecular flexibility index (Phi) is 4.85. The highest BCUT2D eigenvalue weighted by molar-refractivity contribution is 6.30. The third kappa shape index (κ3) is 3.64. The molecule has 1 aromatic carbocycles. The van der Waals surface area contributed by atoms with Gasteiger partial charge in [-0.15, -0.1) is 0 Å². The summed E-state index contributed by atoms with van der Waals surface area (Å²) in [6.07, 6.45) is 1.99. The number of hydrogen-bond donors (Lipinski definition) is 1. The van der Waals surface area contributed by atoms with Gasteiger partial charge in [0.05, 0.1) is 0 Å². The van der Waals surface area contributed by atoms with Gasteiger partial charge >= 0.3 is 0 Å². The van der Waals surface area contributed by atoms with Crippen molar-refractivity contribution in [3.05, 3.63) is 47.2 Å². The summed E-state index contributed by atoms with van der Waals surface area (Å²) in [5.74, 6) is 0.819. The van der Waals surface area contributed by atoms with Crippen molar-refractivity contribution in [3.63, 3.8) is 0 Å². The zero-order chi connectivity index (χ0) is 14.5. The highest BCUT2D eigenvalue weighted by Gasteiger charge is 2.14. The number of halogens is 1. The molecule has 0 aliphatic carbocycles. The summed E-state index contributed by atoms with van der Waals surface area (Å²) < 4.78 is 5.60. The van der Waals surface area contributed by atoms with Gasteiger partial charge in [0.15, 0.2) is 5.76 Å². The van der Waals surface area contributed by atoms with Gasteiger partial charge in [0, 0.05) is 16.6 Å².